The van der Waals surface area contributed by atoms with Crippen molar-refractivity contribution < 1.29 is 14.8 Å². The van der Waals surface area contributed by atoms with Gasteiger partial charge in [-0.05, 0) is 12.1 Å². The Bertz CT molecular complexity index is 130. The second-order valence-corrected chi connectivity index (χ2v) is 1.74. The SMILES string of the molecule is C1COOO1.c1ccncc1. The molecule has 0 amide bonds. The molecule has 0 atom stereocenters. The van der Waals surface area contributed by atoms with Crippen molar-refractivity contribution in [3.05, 3.63) is 30.6 Å². The molecule has 11 heavy (non-hydrogen) atoms. The van der Waals surface area contributed by atoms with Crippen LogP contribution in [-0.4, -0.2) is 18.2 Å². The summed E-state index contributed by atoms with van der Waals surface area (Å²) in [5.74, 6) is 0. The molecule has 1 saturated heterocycles. The predicted octanol–water partition coefficient (Wildman–Crippen LogP) is 0.961. The lowest BCUT2D eigenvalue weighted by Crippen LogP contribution is -1.79. The summed E-state index contributed by atoms with van der Waals surface area (Å²) in [6.45, 7) is 1.11. The van der Waals surface area contributed by atoms with E-state index in [1.54, 1.807) is 12.4 Å². The maximum absolute atomic E-state index is 4.22. The lowest BCUT2D eigenvalue weighted by Gasteiger charge is -1.75. The first-order valence-electron chi connectivity index (χ1n) is 3.26. The summed E-state index contributed by atoms with van der Waals surface area (Å²) >= 11 is 0. The summed E-state index contributed by atoms with van der Waals surface area (Å²) in [5.41, 5.74) is 0. The summed E-state index contributed by atoms with van der Waals surface area (Å²) in [4.78, 5) is 12.2. The molecule has 1 aliphatic rings. The van der Waals surface area contributed by atoms with Crippen LogP contribution in [0.1, 0.15) is 0 Å². The van der Waals surface area contributed by atoms with Gasteiger partial charge in [0.05, 0.1) is 0 Å². The van der Waals surface area contributed by atoms with Gasteiger partial charge in [0.15, 0.2) is 0 Å². The van der Waals surface area contributed by atoms with Crippen LogP contribution >= 0.6 is 0 Å². The van der Waals surface area contributed by atoms with Gasteiger partial charge in [0.25, 0.3) is 0 Å². The van der Waals surface area contributed by atoms with Gasteiger partial charge in [0.2, 0.25) is 0 Å². The average molecular weight is 155 g/mol. The van der Waals surface area contributed by atoms with Gasteiger partial charge in [-0.1, -0.05) is 11.1 Å². The lowest BCUT2D eigenvalue weighted by molar-refractivity contribution is -0.452. The first-order chi connectivity index (χ1) is 5.50. The summed E-state index contributed by atoms with van der Waals surface area (Å²) in [6.07, 6.45) is 3.50. The van der Waals surface area contributed by atoms with Crippen molar-refractivity contribution in [2.24, 2.45) is 0 Å². The maximum atomic E-state index is 4.22. The molecule has 1 aromatic heterocycles. The maximum Gasteiger partial charge on any atom is 0.112 e. The number of hydrogen-bond acceptors (Lipinski definition) is 4. The Morgan fingerprint density at radius 3 is 1.73 bits per heavy atom. The highest BCUT2D eigenvalue weighted by Gasteiger charge is 1.96. The molecule has 0 unspecified atom stereocenters. The lowest BCUT2D eigenvalue weighted by atomic mass is 10.5. The first-order valence-corrected chi connectivity index (χ1v) is 3.26. The van der Waals surface area contributed by atoms with Crippen LogP contribution in [0.3, 0.4) is 0 Å². The van der Waals surface area contributed by atoms with Crippen LogP contribution in [0.15, 0.2) is 30.6 Å². The Morgan fingerprint density at radius 1 is 0.909 bits per heavy atom. The van der Waals surface area contributed by atoms with Crippen LogP contribution in [0.4, 0.5) is 0 Å². The van der Waals surface area contributed by atoms with Gasteiger partial charge in [-0.2, -0.15) is 0 Å². The topological polar surface area (TPSA) is 40.6 Å². The van der Waals surface area contributed by atoms with Crippen molar-refractivity contribution in [3.63, 3.8) is 0 Å². The highest BCUT2D eigenvalue weighted by atomic mass is 17.5. The highest BCUT2D eigenvalue weighted by molar-refractivity contribution is 4.88. The molecule has 1 aromatic rings. The highest BCUT2D eigenvalue weighted by Crippen LogP contribution is 1.88. The molecule has 0 aliphatic carbocycles. The molecular weight excluding hydrogens is 146 g/mol. The van der Waals surface area contributed by atoms with Gasteiger partial charge in [0.1, 0.15) is 13.2 Å². The van der Waals surface area contributed by atoms with Gasteiger partial charge >= 0.3 is 0 Å². The minimum atomic E-state index is 0.556. The second kappa shape index (κ2) is 5.79. The van der Waals surface area contributed by atoms with Gasteiger partial charge < -0.3 is 0 Å². The fourth-order valence-corrected chi connectivity index (χ4v) is 0.483. The minimum Gasteiger partial charge on any atom is -0.265 e. The van der Waals surface area contributed by atoms with Crippen LogP contribution in [0, 0.1) is 0 Å². The minimum absolute atomic E-state index is 0.556. The molecule has 0 bridgehead atoms. The van der Waals surface area contributed by atoms with Crippen LogP contribution in [-0.2, 0) is 14.8 Å². The second-order valence-electron chi connectivity index (χ2n) is 1.74. The zero-order valence-electron chi connectivity index (χ0n) is 5.97. The normalized spacial score (nSPS) is 15.3. The van der Waals surface area contributed by atoms with Crippen LogP contribution in [0.25, 0.3) is 0 Å². The Morgan fingerprint density at radius 2 is 1.55 bits per heavy atom. The summed E-state index contributed by atoms with van der Waals surface area (Å²) in [6, 6.07) is 5.72. The third-order valence-corrected chi connectivity index (χ3v) is 0.913. The van der Waals surface area contributed by atoms with E-state index in [0.29, 0.717) is 13.2 Å². The van der Waals surface area contributed by atoms with Crippen molar-refractivity contribution in [3.8, 4) is 0 Å². The molecule has 2 rings (SSSR count). The third-order valence-electron chi connectivity index (χ3n) is 0.913. The largest absolute Gasteiger partial charge is 0.265 e. The van der Waals surface area contributed by atoms with E-state index < -0.39 is 0 Å². The Hall–Kier alpha value is -0.970. The smallest absolute Gasteiger partial charge is 0.112 e. The fraction of sp³-hybridized carbons (Fsp3) is 0.286. The van der Waals surface area contributed by atoms with E-state index in [1.165, 1.54) is 0 Å². The Balaban J connectivity index is 0.000000112. The van der Waals surface area contributed by atoms with Gasteiger partial charge in [-0.25, -0.2) is 9.78 Å². The third kappa shape index (κ3) is 4.44. The van der Waals surface area contributed by atoms with Crippen molar-refractivity contribution in [1.82, 2.24) is 4.98 Å². The van der Waals surface area contributed by atoms with Crippen LogP contribution in [0.5, 0.6) is 0 Å². The standard InChI is InChI=1S/C5H5N.C2H4O3/c1-2-4-6-5-3-1;1-2-4-5-3-1/h1-5H;1-2H2. The zero-order chi connectivity index (χ0) is 7.78. The van der Waals surface area contributed by atoms with Crippen molar-refractivity contribution in [2.45, 2.75) is 0 Å². The number of aromatic nitrogens is 1. The average Bonchev–Trinajstić information content (AvgIpc) is 2.64. The fourth-order valence-electron chi connectivity index (χ4n) is 0.483. The molecule has 4 heteroatoms. The van der Waals surface area contributed by atoms with Gasteiger partial charge in [0, 0.05) is 12.4 Å². The molecule has 0 spiro atoms. The zero-order valence-corrected chi connectivity index (χ0v) is 5.97. The molecule has 2 heterocycles. The van der Waals surface area contributed by atoms with E-state index in [4.69, 9.17) is 0 Å². The Labute approximate surface area is 64.6 Å². The number of hydrogen-bond donors (Lipinski definition) is 0. The first kappa shape index (κ1) is 8.13. The van der Waals surface area contributed by atoms with Crippen molar-refractivity contribution in [2.75, 3.05) is 13.2 Å². The summed E-state index contributed by atoms with van der Waals surface area (Å²) in [5, 5.41) is 3.94. The number of nitrogens with zero attached hydrogens (tertiary/aromatic N) is 1. The van der Waals surface area contributed by atoms with Crippen molar-refractivity contribution >= 4 is 0 Å². The quantitative estimate of drug-likeness (QED) is 0.523. The molecule has 1 fully saturated rings. The molecule has 0 N–H and O–H groups in total. The number of pyridine rings is 1. The molecule has 1 aliphatic heterocycles. The van der Waals surface area contributed by atoms with Crippen LogP contribution in [0.2, 0.25) is 0 Å². The molecule has 0 aromatic carbocycles. The van der Waals surface area contributed by atoms with E-state index in [9.17, 15) is 0 Å². The van der Waals surface area contributed by atoms with E-state index in [-0.39, 0.29) is 0 Å². The molecule has 4 nitrogen and oxygen atoms in total. The summed E-state index contributed by atoms with van der Waals surface area (Å²) in [7, 11) is 0. The van der Waals surface area contributed by atoms with E-state index in [0.717, 1.165) is 0 Å². The number of rotatable bonds is 0. The summed E-state index contributed by atoms with van der Waals surface area (Å²) < 4.78 is 0. The molecule has 0 saturated carbocycles. The molecule has 0 radical (unpaired) electrons. The van der Waals surface area contributed by atoms with E-state index >= 15 is 0 Å². The molecular formula is C7H9NO3. The molecule has 60 valence electrons. The van der Waals surface area contributed by atoms with Crippen molar-refractivity contribution in [1.29, 1.82) is 0 Å². The van der Waals surface area contributed by atoms with Gasteiger partial charge in [-0.15, -0.1) is 0 Å². The van der Waals surface area contributed by atoms with E-state index in [1.807, 2.05) is 18.2 Å². The van der Waals surface area contributed by atoms with E-state index in [2.05, 4.69) is 19.8 Å². The van der Waals surface area contributed by atoms with Gasteiger partial charge in [-0.3, -0.25) is 4.98 Å². The predicted molar refractivity (Wildman–Crippen MR) is 37.2 cm³/mol. The monoisotopic (exact) mass is 155 g/mol. The Kier molecular flexibility index (Phi) is 4.28. The van der Waals surface area contributed by atoms with Crippen LogP contribution < -0.4 is 0 Å².